The van der Waals surface area contributed by atoms with Crippen LogP contribution >= 0.6 is 0 Å². The Morgan fingerprint density at radius 3 is 2.51 bits per heavy atom. The third-order valence-electron chi connectivity index (χ3n) is 6.98. The number of nitrogens with zero attached hydrogens (tertiary/aromatic N) is 1. The molecule has 6 heteroatoms. The maximum atomic E-state index is 11.1. The number of phenols is 2. The molecule has 6 nitrogen and oxygen atoms in total. The molecule has 1 aliphatic carbocycles. The number of fused-ring (bicyclic) bond motifs is 1. The molecule has 2 aromatic carbocycles. The number of hydrogen-bond donors (Lipinski definition) is 4. The average molecular weight is 482 g/mol. The largest absolute Gasteiger partial charge is 0.504 e. The zero-order valence-electron chi connectivity index (χ0n) is 21.5. The highest BCUT2D eigenvalue weighted by molar-refractivity contribution is 5.88. The lowest BCUT2D eigenvalue weighted by molar-refractivity contribution is -0.114. The SMILES string of the molecule is CCCN(CCCCCCNCCc1ccc(NC(C)=O)cc1)C1CCc2c(ccc(O)c2O)C1. The van der Waals surface area contributed by atoms with Gasteiger partial charge in [-0.1, -0.05) is 38.0 Å². The van der Waals surface area contributed by atoms with Crippen LogP contribution in [0.25, 0.3) is 0 Å². The molecule has 0 heterocycles. The summed E-state index contributed by atoms with van der Waals surface area (Å²) in [6.45, 7) is 8.06. The summed E-state index contributed by atoms with van der Waals surface area (Å²) in [5.74, 6) is 0.0382. The summed E-state index contributed by atoms with van der Waals surface area (Å²) in [6, 6.07) is 12.2. The quantitative estimate of drug-likeness (QED) is 0.225. The maximum Gasteiger partial charge on any atom is 0.221 e. The number of amides is 1. The fourth-order valence-electron chi connectivity index (χ4n) is 5.11. The van der Waals surface area contributed by atoms with Gasteiger partial charge in [0.25, 0.3) is 0 Å². The first-order chi connectivity index (χ1) is 17.0. The summed E-state index contributed by atoms with van der Waals surface area (Å²) in [6.07, 6.45) is 9.93. The van der Waals surface area contributed by atoms with Crippen LogP contribution in [-0.4, -0.2) is 53.2 Å². The van der Waals surface area contributed by atoms with Gasteiger partial charge in [-0.05, 0) is 100 Å². The van der Waals surface area contributed by atoms with Gasteiger partial charge in [-0.3, -0.25) is 4.79 Å². The standard InChI is InChI=1S/C29H43N3O3/c1-3-19-32(26-13-14-27-24(21-26)10-15-28(34)29(27)35)20-7-5-4-6-17-30-18-16-23-8-11-25(12-9-23)31-22(2)33/h8-12,15,26,30,34-35H,3-7,13-14,16-21H2,1-2H3,(H,31,33). The third kappa shape index (κ3) is 8.55. The molecule has 1 aliphatic rings. The summed E-state index contributed by atoms with van der Waals surface area (Å²) in [7, 11) is 0. The maximum absolute atomic E-state index is 11.1. The Hall–Kier alpha value is -2.57. The van der Waals surface area contributed by atoms with Gasteiger partial charge in [-0.25, -0.2) is 0 Å². The lowest BCUT2D eigenvalue weighted by Crippen LogP contribution is -2.40. The molecule has 0 saturated carbocycles. The number of nitrogens with one attached hydrogen (secondary N) is 2. The summed E-state index contributed by atoms with van der Waals surface area (Å²) in [5.41, 5.74) is 4.25. The van der Waals surface area contributed by atoms with Gasteiger partial charge >= 0.3 is 0 Å². The van der Waals surface area contributed by atoms with E-state index in [0.717, 1.165) is 69.5 Å². The fourth-order valence-corrected chi connectivity index (χ4v) is 5.11. The number of rotatable bonds is 14. The van der Waals surface area contributed by atoms with E-state index in [4.69, 9.17) is 0 Å². The van der Waals surface area contributed by atoms with Crippen molar-refractivity contribution in [2.75, 3.05) is 31.5 Å². The fraction of sp³-hybridized carbons (Fsp3) is 0.552. The second-order valence-corrected chi connectivity index (χ2v) is 9.80. The van der Waals surface area contributed by atoms with Crippen molar-refractivity contribution in [3.63, 3.8) is 0 Å². The zero-order valence-corrected chi connectivity index (χ0v) is 21.5. The van der Waals surface area contributed by atoms with Crippen molar-refractivity contribution >= 4 is 11.6 Å². The minimum atomic E-state index is -0.0414. The van der Waals surface area contributed by atoms with Gasteiger partial charge in [0.05, 0.1) is 0 Å². The first kappa shape index (κ1) is 27.0. The Morgan fingerprint density at radius 2 is 1.77 bits per heavy atom. The van der Waals surface area contributed by atoms with E-state index in [0.29, 0.717) is 6.04 Å². The first-order valence-corrected chi connectivity index (χ1v) is 13.3. The monoisotopic (exact) mass is 481 g/mol. The molecule has 0 aromatic heterocycles. The predicted molar refractivity (Wildman–Crippen MR) is 143 cm³/mol. The average Bonchev–Trinajstić information content (AvgIpc) is 2.85. The minimum absolute atomic E-state index is 0.000500. The molecule has 4 N–H and O–H groups in total. The van der Waals surface area contributed by atoms with Crippen LogP contribution in [0.5, 0.6) is 11.5 Å². The van der Waals surface area contributed by atoms with Crippen LogP contribution < -0.4 is 10.6 Å². The van der Waals surface area contributed by atoms with Gasteiger partial charge < -0.3 is 25.7 Å². The highest BCUT2D eigenvalue weighted by Crippen LogP contribution is 2.36. The second-order valence-electron chi connectivity index (χ2n) is 9.80. The molecule has 1 atom stereocenters. The van der Waals surface area contributed by atoms with Crippen molar-refractivity contribution in [3.8, 4) is 11.5 Å². The van der Waals surface area contributed by atoms with Crippen LogP contribution in [0.4, 0.5) is 5.69 Å². The summed E-state index contributed by atoms with van der Waals surface area (Å²) in [5, 5.41) is 26.3. The molecule has 0 aliphatic heterocycles. The molecule has 0 bridgehead atoms. The number of carbonyl (C=O) groups excluding carboxylic acids is 1. The van der Waals surface area contributed by atoms with E-state index in [1.165, 1.54) is 43.7 Å². The smallest absolute Gasteiger partial charge is 0.221 e. The number of unbranched alkanes of at least 4 members (excludes halogenated alkanes) is 3. The highest BCUT2D eigenvalue weighted by atomic mass is 16.3. The molecular weight excluding hydrogens is 438 g/mol. The number of phenolic OH excluding ortho intramolecular Hbond substituents is 2. The van der Waals surface area contributed by atoms with E-state index < -0.39 is 0 Å². The van der Waals surface area contributed by atoms with E-state index in [2.05, 4.69) is 34.6 Å². The molecule has 0 radical (unpaired) electrons. The van der Waals surface area contributed by atoms with Gasteiger partial charge in [0.15, 0.2) is 11.5 Å². The van der Waals surface area contributed by atoms with E-state index >= 15 is 0 Å². The Kier molecular flexibility index (Phi) is 10.9. The van der Waals surface area contributed by atoms with Crippen molar-refractivity contribution in [1.29, 1.82) is 0 Å². The normalized spacial score (nSPS) is 15.2. The molecule has 35 heavy (non-hydrogen) atoms. The number of aromatic hydroxyl groups is 2. The molecule has 1 unspecified atom stereocenters. The Morgan fingerprint density at radius 1 is 1.00 bits per heavy atom. The van der Waals surface area contributed by atoms with Gasteiger partial charge in [0, 0.05) is 24.2 Å². The van der Waals surface area contributed by atoms with Crippen LogP contribution in [0.2, 0.25) is 0 Å². The summed E-state index contributed by atoms with van der Waals surface area (Å²) in [4.78, 5) is 13.7. The molecule has 1 amide bonds. The number of benzene rings is 2. The Bertz CT molecular complexity index is 930. The van der Waals surface area contributed by atoms with Crippen LogP contribution in [0, 0.1) is 0 Å². The van der Waals surface area contributed by atoms with Crippen LogP contribution in [0.3, 0.4) is 0 Å². The number of carbonyl (C=O) groups is 1. The predicted octanol–water partition coefficient (Wildman–Crippen LogP) is 5.02. The first-order valence-electron chi connectivity index (χ1n) is 13.3. The van der Waals surface area contributed by atoms with Gasteiger partial charge in [0.2, 0.25) is 5.91 Å². The van der Waals surface area contributed by atoms with Crippen molar-refractivity contribution in [1.82, 2.24) is 10.2 Å². The highest BCUT2D eigenvalue weighted by Gasteiger charge is 2.26. The van der Waals surface area contributed by atoms with E-state index in [1.807, 2.05) is 18.2 Å². The zero-order chi connectivity index (χ0) is 25.0. The van der Waals surface area contributed by atoms with Crippen molar-refractivity contribution < 1.29 is 15.0 Å². The summed E-state index contributed by atoms with van der Waals surface area (Å²) < 4.78 is 0. The van der Waals surface area contributed by atoms with Gasteiger partial charge in [0.1, 0.15) is 0 Å². The van der Waals surface area contributed by atoms with E-state index in [-0.39, 0.29) is 17.4 Å². The number of anilines is 1. The molecular formula is C29H43N3O3. The lowest BCUT2D eigenvalue weighted by atomic mass is 9.86. The van der Waals surface area contributed by atoms with Crippen molar-refractivity contribution in [2.45, 2.75) is 77.7 Å². The van der Waals surface area contributed by atoms with Gasteiger partial charge in [-0.2, -0.15) is 0 Å². The van der Waals surface area contributed by atoms with Crippen molar-refractivity contribution in [2.24, 2.45) is 0 Å². The van der Waals surface area contributed by atoms with Gasteiger partial charge in [-0.15, -0.1) is 0 Å². The van der Waals surface area contributed by atoms with E-state index in [9.17, 15) is 15.0 Å². The third-order valence-corrected chi connectivity index (χ3v) is 6.98. The second kappa shape index (κ2) is 14.1. The molecule has 3 rings (SSSR count). The Balaban J connectivity index is 1.28. The van der Waals surface area contributed by atoms with Crippen LogP contribution in [0.1, 0.15) is 69.1 Å². The molecule has 192 valence electrons. The molecule has 0 spiro atoms. The summed E-state index contributed by atoms with van der Waals surface area (Å²) >= 11 is 0. The van der Waals surface area contributed by atoms with Crippen LogP contribution in [0.15, 0.2) is 36.4 Å². The van der Waals surface area contributed by atoms with Crippen LogP contribution in [-0.2, 0) is 24.1 Å². The number of hydrogen-bond acceptors (Lipinski definition) is 5. The lowest BCUT2D eigenvalue weighted by Gasteiger charge is -2.35. The molecule has 0 fully saturated rings. The van der Waals surface area contributed by atoms with Crippen molar-refractivity contribution in [3.05, 3.63) is 53.1 Å². The minimum Gasteiger partial charge on any atom is -0.504 e. The topological polar surface area (TPSA) is 84.8 Å². The Labute approximate surface area is 210 Å². The molecule has 0 saturated heterocycles. The van der Waals surface area contributed by atoms with E-state index in [1.54, 1.807) is 6.07 Å². The molecule has 2 aromatic rings.